The Kier molecular flexibility index (Phi) is 5.69. The summed E-state index contributed by atoms with van der Waals surface area (Å²) < 4.78 is 38.8. The summed E-state index contributed by atoms with van der Waals surface area (Å²) in [5.41, 5.74) is 0.207. The molecule has 0 aliphatic carbocycles. The van der Waals surface area contributed by atoms with Gasteiger partial charge in [0.05, 0.1) is 11.3 Å². The quantitative estimate of drug-likeness (QED) is 0.651. The van der Waals surface area contributed by atoms with Gasteiger partial charge in [0.25, 0.3) is 0 Å². The minimum absolute atomic E-state index is 0.00460. The minimum atomic E-state index is -4.63. The molecule has 1 aromatic heterocycles. The summed E-state index contributed by atoms with van der Waals surface area (Å²) >= 11 is 0.979. The Hall–Kier alpha value is -1.83. The summed E-state index contributed by atoms with van der Waals surface area (Å²) in [6, 6.07) is 6.44. The molecule has 2 aromatic rings. The van der Waals surface area contributed by atoms with Crippen molar-refractivity contribution >= 4 is 28.6 Å². The summed E-state index contributed by atoms with van der Waals surface area (Å²) in [6.45, 7) is 5.84. The summed E-state index contributed by atoms with van der Waals surface area (Å²) in [6.07, 6.45) is -4.63. The van der Waals surface area contributed by atoms with E-state index in [4.69, 9.17) is 0 Å². The van der Waals surface area contributed by atoms with E-state index >= 15 is 0 Å². The van der Waals surface area contributed by atoms with Gasteiger partial charge in [0.15, 0.2) is 0 Å². The minimum Gasteiger partial charge on any atom is -0.353 e. The van der Waals surface area contributed by atoms with E-state index in [0.717, 1.165) is 11.8 Å². The van der Waals surface area contributed by atoms with Crippen molar-refractivity contribution in [2.75, 3.05) is 5.75 Å². The van der Waals surface area contributed by atoms with Crippen molar-refractivity contribution in [1.82, 2.24) is 15.3 Å². The number of amides is 1. The van der Waals surface area contributed by atoms with Crippen LogP contribution in [0.1, 0.15) is 26.6 Å². The number of hydrogen-bond acceptors (Lipinski definition) is 4. The second kappa shape index (κ2) is 7.38. The molecule has 1 amide bonds. The molecule has 1 aromatic carbocycles. The van der Waals surface area contributed by atoms with Crippen molar-refractivity contribution in [2.45, 2.75) is 38.0 Å². The van der Waals surface area contributed by atoms with Gasteiger partial charge in [-0.3, -0.25) is 4.79 Å². The molecule has 8 heteroatoms. The second-order valence-electron chi connectivity index (χ2n) is 5.76. The molecule has 0 bridgehead atoms. The van der Waals surface area contributed by atoms with E-state index in [1.54, 1.807) is 18.2 Å². The molecule has 130 valence electrons. The predicted octanol–water partition coefficient (Wildman–Crippen LogP) is 3.90. The monoisotopic (exact) mass is 357 g/mol. The number of nitrogens with zero attached hydrogens (tertiary/aromatic N) is 2. The van der Waals surface area contributed by atoms with Crippen molar-refractivity contribution in [3.05, 3.63) is 30.1 Å². The molecule has 24 heavy (non-hydrogen) atoms. The van der Waals surface area contributed by atoms with Gasteiger partial charge >= 0.3 is 6.18 Å². The lowest BCUT2D eigenvalue weighted by molar-refractivity contribution is -0.145. The van der Waals surface area contributed by atoms with Gasteiger partial charge in [0.2, 0.25) is 11.7 Å². The standard InChI is InChI=1S/C16H18F3N3OS/c1-9(2)10(3)20-13(23)8-24-14-11-6-4-5-7-12(11)21-15(22-14)16(17,18)19/h4-7,9-10H,8H2,1-3H3,(H,20,23). The lowest BCUT2D eigenvalue weighted by atomic mass is 10.1. The van der Waals surface area contributed by atoms with E-state index in [-0.39, 0.29) is 34.2 Å². The Morgan fingerprint density at radius 2 is 1.88 bits per heavy atom. The molecule has 0 saturated heterocycles. The molecule has 1 atom stereocenters. The lowest BCUT2D eigenvalue weighted by Gasteiger charge is -2.17. The van der Waals surface area contributed by atoms with E-state index in [2.05, 4.69) is 15.3 Å². The highest BCUT2D eigenvalue weighted by molar-refractivity contribution is 8.00. The number of carbonyl (C=O) groups excluding carboxylic acids is 1. The highest BCUT2D eigenvalue weighted by Gasteiger charge is 2.35. The van der Waals surface area contributed by atoms with Crippen molar-refractivity contribution in [2.24, 2.45) is 5.92 Å². The number of para-hydroxylation sites is 1. The van der Waals surface area contributed by atoms with Crippen LogP contribution in [0.15, 0.2) is 29.3 Å². The number of fused-ring (bicyclic) bond motifs is 1. The molecule has 4 nitrogen and oxygen atoms in total. The van der Waals surface area contributed by atoms with Crippen molar-refractivity contribution in [1.29, 1.82) is 0 Å². The number of carbonyl (C=O) groups is 1. The maximum Gasteiger partial charge on any atom is 0.451 e. The number of benzene rings is 1. The van der Waals surface area contributed by atoms with Crippen LogP contribution in [0.4, 0.5) is 13.2 Å². The molecule has 0 aliphatic rings. The maximum atomic E-state index is 12.9. The number of aromatic nitrogens is 2. The van der Waals surface area contributed by atoms with Crippen LogP contribution in [0.5, 0.6) is 0 Å². The molecule has 1 unspecified atom stereocenters. The average molecular weight is 357 g/mol. The first-order chi connectivity index (χ1) is 11.2. The van der Waals surface area contributed by atoms with Gasteiger partial charge in [-0.25, -0.2) is 9.97 Å². The van der Waals surface area contributed by atoms with E-state index < -0.39 is 12.0 Å². The number of alkyl halides is 3. The highest BCUT2D eigenvalue weighted by atomic mass is 32.2. The van der Waals surface area contributed by atoms with Crippen molar-refractivity contribution < 1.29 is 18.0 Å². The maximum absolute atomic E-state index is 12.9. The highest BCUT2D eigenvalue weighted by Crippen LogP contribution is 2.31. The fourth-order valence-electron chi connectivity index (χ4n) is 1.88. The van der Waals surface area contributed by atoms with Crippen molar-refractivity contribution in [3.63, 3.8) is 0 Å². The molecule has 0 fully saturated rings. The number of halogens is 3. The van der Waals surface area contributed by atoms with Crippen LogP contribution in [-0.2, 0) is 11.0 Å². The molecule has 0 radical (unpaired) electrons. The normalized spacial score (nSPS) is 13.3. The van der Waals surface area contributed by atoms with Crippen molar-refractivity contribution in [3.8, 4) is 0 Å². The van der Waals surface area contributed by atoms with Crippen LogP contribution in [-0.4, -0.2) is 27.7 Å². The van der Waals surface area contributed by atoms with E-state index in [1.165, 1.54) is 6.07 Å². The zero-order chi connectivity index (χ0) is 17.9. The van der Waals surface area contributed by atoms with Crippen LogP contribution < -0.4 is 5.32 Å². The third-order valence-corrected chi connectivity index (χ3v) is 4.54. The van der Waals surface area contributed by atoms with E-state index in [9.17, 15) is 18.0 Å². The molecule has 0 aliphatic heterocycles. The van der Waals surface area contributed by atoms with Gasteiger partial charge in [-0.1, -0.05) is 43.8 Å². The Labute approximate surface area is 142 Å². The Morgan fingerprint density at radius 3 is 2.50 bits per heavy atom. The number of thioether (sulfide) groups is 1. The first kappa shape index (κ1) is 18.5. The topological polar surface area (TPSA) is 54.9 Å². The van der Waals surface area contributed by atoms with Gasteiger partial charge < -0.3 is 5.32 Å². The molecule has 1 heterocycles. The van der Waals surface area contributed by atoms with Gasteiger partial charge in [-0.05, 0) is 18.9 Å². The van der Waals surface area contributed by atoms with Gasteiger partial charge in [-0.2, -0.15) is 13.2 Å². The molecule has 1 N–H and O–H groups in total. The largest absolute Gasteiger partial charge is 0.451 e. The SMILES string of the molecule is CC(C)C(C)NC(=O)CSc1nc(C(F)(F)F)nc2ccccc12. The summed E-state index contributed by atoms with van der Waals surface area (Å²) in [5.74, 6) is -1.16. The average Bonchev–Trinajstić information content (AvgIpc) is 2.51. The molecular formula is C16H18F3N3OS. The number of hydrogen-bond donors (Lipinski definition) is 1. The second-order valence-corrected chi connectivity index (χ2v) is 6.72. The zero-order valence-corrected chi connectivity index (χ0v) is 14.3. The van der Waals surface area contributed by atoms with Crippen LogP contribution in [0.2, 0.25) is 0 Å². The predicted molar refractivity (Wildman–Crippen MR) is 87.7 cm³/mol. The van der Waals surface area contributed by atoms with E-state index in [0.29, 0.717) is 5.39 Å². The van der Waals surface area contributed by atoms with Gasteiger partial charge in [0.1, 0.15) is 5.03 Å². The summed E-state index contributed by atoms with van der Waals surface area (Å²) in [7, 11) is 0. The third-order valence-electron chi connectivity index (χ3n) is 3.55. The van der Waals surface area contributed by atoms with Crippen LogP contribution in [0.3, 0.4) is 0 Å². The Bertz CT molecular complexity index is 734. The first-order valence-electron chi connectivity index (χ1n) is 7.44. The van der Waals surface area contributed by atoms with Gasteiger partial charge in [0, 0.05) is 11.4 Å². The molecule has 0 spiro atoms. The summed E-state index contributed by atoms with van der Waals surface area (Å²) in [5, 5.41) is 3.47. The lowest BCUT2D eigenvalue weighted by Crippen LogP contribution is -2.37. The van der Waals surface area contributed by atoms with E-state index in [1.807, 2.05) is 20.8 Å². The Balaban J connectivity index is 2.23. The number of rotatable bonds is 5. The zero-order valence-electron chi connectivity index (χ0n) is 13.5. The van der Waals surface area contributed by atoms with Crippen LogP contribution >= 0.6 is 11.8 Å². The van der Waals surface area contributed by atoms with Crippen LogP contribution in [0, 0.1) is 5.92 Å². The fraction of sp³-hybridized carbons (Fsp3) is 0.438. The third kappa shape index (κ3) is 4.59. The molecular weight excluding hydrogens is 339 g/mol. The molecule has 2 rings (SSSR count). The summed E-state index contributed by atoms with van der Waals surface area (Å²) in [4.78, 5) is 19.1. The smallest absolute Gasteiger partial charge is 0.353 e. The molecule has 0 saturated carbocycles. The fourth-order valence-corrected chi connectivity index (χ4v) is 2.71. The first-order valence-corrected chi connectivity index (χ1v) is 8.43. The van der Waals surface area contributed by atoms with Crippen LogP contribution in [0.25, 0.3) is 10.9 Å². The number of nitrogens with one attached hydrogen (secondary N) is 1. The Morgan fingerprint density at radius 1 is 1.21 bits per heavy atom. The van der Waals surface area contributed by atoms with Gasteiger partial charge in [-0.15, -0.1) is 0 Å².